The molecule has 0 bridgehead atoms. The van der Waals surface area contributed by atoms with Gasteiger partial charge in [-0.25, -0.2) is 0 Å². The van der Waals surface area contributed by atoms with Crippen molar-refractivity contribution in [2.75, 3.05) is 37.9 Å². The molecule has 6 nitrogen and oxygen atoms in total. The van der Waals surface area contributed by atoms with Gasteiger partial charge in [-0.2, -0.15) is 0 Å². The molecule has 0 radical (unpaired) electrons. The van der Waals surface area contributed by atoms with Crippen LogP contribution in [0.2, 0.25) is 0 Å². The van der Waals surface area contributed by atoms with Gasteiger partial charge in [0.1, 0.15) is 0 Å². The lowest BCUT2D eigenvalue weighted by atomic mass is 9.99. The van der Waals surface area contributed by atoms with E-state index in [1.807, 2.05) is 24.3 Å². The average molecular weight is 338 g/mol. The maximum absolute atomic E-state index is 5.45. The molecule has 0 saturated carbocycles. The highest BCUT2D eigenvalue weighted by Crippen LogP contribution is 2.35. The van der Waals surface area contributed by atoms with Gasteiger partial charge in [-0.15, -0.1) is 10.2 Å². The highest BCUT2D eigenvalue weighted by atomic mass is 16.7. The number of fused-ring (bicyclic) bond motifs is 2. The number of benzene rings is 1. The van der Waals surface area contributed by atoms with Crippen molar-refractivity contribution in [2.24, 2.45) is 0 Å². The number of aromatic nitrogens is 2. The Labute approximate surface area is 147 Å². The van der Waals surface area contributed by atoms with Crippen LogP contribution in [-0.2, 0) is 0 Å². The Morgan fingerprint density at radius 1 is 0.920 bits per heavy atom. The second kappa shape index (κ2) is 6.19. The van der Waals surface area contributed by atoms with Crippen molar-refractivity contribution in [3.05, 3.63) is 30.3 Å². The zero-order valence-electron chi connectivity index (χ0n) is 14.2. The van der Waals surface area contributed by atoms with Gasteiger partial charge in [0.2, 0.25) is 6.79 Å². The number of ether oxygens (including phenoxy) is 2. The molecular formula is C19H22N4O2. The smallest absolute Gasteiger partial charge is 0.231 e. The summed E-state index contributed by atoms with van der Waals surface area (Å²) >= 11 is 0. The van der Waals surface area contributed by atoms with E-state index in [4.69, 9.17) is 9.47 Å². The van der Waals surface area contributed by atoms with E-state index in [2.05, 4.69) is 26.1 Å². The number of rotatable bonds is 2. The first-order valence-electron chi connectivity index (χ1n) is 9.09. The summed E-state index contributed by atoms with van der Waals surface area (Å²) in [6.07, 6.45) is 4.00. The molecule has 25 heavy (non-hydrogen) atoms. The minimum Gasteiger partial charge on any atom is -0.454 e. The van der Waals surface area contributed by atoms with E-state index in [0.717, 1.165) is 48.2 Å². The third-order valence-electron chi connectivity index (χ3n) is 5.48. The topological polar surface area (TPSA) is 50.7 Å². The number of anilines is 1. The van der Waals surface area contributed by atoms with Crippen LogP contribution in [0.1, 0.15) is 19.3 Å². The fraction of sp³-hybridized carbons (Fsp3) is 0.474. The summed E-state index contributed by atoms with van der Waals surface area (Å²) in [6.45, 7) is 4.78. The molecule has 1 aromatic carbocycles. The van der Waals surface area contributed by atoms with E-state index in [1.54, 1.807) is 0 Å². The molecule has 0 aliphatic carbocycles. The second-order valence-corrected chi connectivity index (χ2v) is 6.98. The summed E-state index contributed by atoms with van der Waals surface area (Å²) in [4.78, 5) is 5.01. The zero-order chi connectivity index (χ0) is 16.6. The summed E-state index contributed by atoms with van der Waals surface area (Å²) in [7, 11) is 0. The molecule has 1 unspecified atom stereocenters. The van der Waals surface area contributed by atoms with Crippen molar-refractivity contribution < 1.29 is 9.47 Å². The Morgan fingerprint density at radius 3 is 2.80 bits per heavy atom. The first-order valence-corrected chi connectivity index (χ1v) is 9.09. The second-order valence-electron chi connectivity index (χ2n) is 6.98. The van der Waals surface area contributed by atoms with Crippen molar-refractivity contribution in [1.82, 2.24) is 15.1 Å². The van der Waals surface area contributed by atoms with Crippen LogP contribution < -0.4 is 14.4 Å². The number of piperazine rings is 1. The predicted molar refractivity (Wildman–Crippen MR) is 95.0 cm³/mol. The lowest BCUT2D eigenvalue weighted by Crippen LogP contribution is -2.55. The Bertz CT molecular complexity index is 765. The van der Waals surface area contributed by atoms with Crippen LogP contribution in [0.4, 0.5) is 5.82 Å². The largest absolute Gasteiger partial charge is 0.454 e. The molecule has 2 saturated heterocycles. The summed E-state index contributed by atoms with van der Waals surface area (Å²) < 4.78 is 10.8. The summed E-state index contributed by atoms with van der Waals surface area (Å²) in [5.41, 5.74) is 1.86. The summed E-state index contributed by atoms with van der Waals surface area (Å²) in [5, 5.41) is 8.95. The summed E-state index contributed by atoms with van der Waals surface area (Å²) in [6, 6.07) is 10.7. The van der Waals surface area contributed by atoms with Gasteiger partial charge in [0.15, 0.2) is 17.3 Å². The fourth-order valence-electron chi connectivity index (χ4n) is 4.07. The standard InChI is InChI=1S/C19H22N4O2/c1-2-8-22-9-10-23(12-15(22)3-1)19-7-5-16(20-21-19)14-4-6-17-18(11-14)25-13-24-17/h4-7,11,15H,1-3,8-10,12-13H2. The van der Waals surface area contributed by atoms with Crippen LogP contribution in [0, 0.1) is 0 Å². The van der Waals surface area contributed by atoms with Crippen LogP contribution in [0.5, 0.6) is 11.5 Å². The highest BCUT2D eigenvalue weighted by Gasteiger charge is 2.29. The van der Waals surface area contributed by atoms with Crippen LogP contribution in [0.15, 0.2) is 30.3 Å². The van der Waals surface area contributed by atoms with Gasteiger partial charge in [0, 0.05) is 31.2 Å². The van der Waals surface area contributed by atoms with E-state index in [1.165, 1.54) is 25.8 Å². The molecule has 0 amide bonds. The molecule has 130 valence electrons. The van der Waals surface area contributed by atoms with Gasteiger partial charge >= 0.3 is 0 Å². The molecule has 2 aromatic rings. The average Bonchev–Trinajstić information content (AvgIpc) is 3.15. The first-order chi connectivity index (χ1) is 12.4. The molecule has 4 heterocycles. The quantitative estimate of drug-likeness (QED) is 0.839. The van der Waals surface area contributed by atoms with Crippen molar-refractivity contribution in [1.29, 1.82) is 0 Å². The van der Waals surface area contributed by atoms with Crippen molar-refractivity contribution >= 4 is 5.82 Å². The van der Waals surface area contributed by atoms with Crippen molar-refractivity contribution in [3.63, 3.8) is 0 Å². The number of hydrogen-bond donors (Lipinski definition) is 0. The van der Waals surface area contributed by atoms with Gasteiger partial charge in [0.25, 0.3) is 0 Å². The molecule has 3 aliphatic rings. The Kier molecular flexibility index (Phi) is 3.70. The van der Waals surface area contributed by atoms with E-state index >= 15 is 0 Å². The van der Waals surface area contributed by atoms with E-state index in [0.29, 0.717) is 6.04 Å². The lowest BCUT2D eigenvalue weighted by Gasteiger charge is -2.44. The minimum atomic E-state index is 0.288. The molecule has 0 spiro atoms. The molecule has 1 atom stereocenters. The number of nitrogens with zero attached hydrogens (tertiary/aromatic N) is 4. The van der Waals surface area contributed by atoms with E-state index in [9.17, 15) is 0 Å². The van der Waals surface area contributed by atoms with Gasteiger partial charge in [-0.3, -0.25) is 4.90 Å². The SMILES string of the molecule is c1cc2c(cc1-c1ccc(N3CCN4CCCCC4C3)nn1)OCO2. The third kappa shape index (κ3) is 2.80. The molecule has 0 N–H and O–H groups in total. The maximum Gasteiger partial charge on any atom is 0.231 e. The van der Waals surface area contributed by atoms with Gasteiger partial charge in [-0.1, -0.05) is 6.42 Å². The molecule has 5 rings (SSSR count). The Morgan fingerprint density at radius 2 is 1.88 bits per heavy atom. The minimum absolute atomic E-state index is 0.288. The third-order valence-corrected chi connectivity index (χ3v) is 5.48. The Hall–Kier alpha value is -2.34. The first kappa shape index (κ1) is 15.0. The number of piperidine rings is 1. The normalized spacial score (nSPS) is 22.7. The van der Waals surface area contributed by atoms with Gasteiger partial charge < -0.3 is 14.4 Å². The molecule has 1 aromatic heterocycles. The van der Waals surface area contributed by atoms with Crippen LogP contribution in [0.3, 0.4) is 0 Å². The Balaban J connectivity index is 1.33. The van der Waals surface area contributed by atoms with Crippen LogP contribution in [0.25, 0.3) is 11.3 Å². The predicted octanol–water partition coefficient (Wildman–Crippen LogP) is 2.55. The zero-order valence-corrected chi connectivity index (χ0v) is 14.2. The molecular weight excluding hydrogens is 316 g/mol. The number of hydrogen-bond acceptors (Lipinski definition) is 6. The van der Waals surface area contributed by atoms with Crippen LogP contribution >= 0.6 is 0 Å². The van der Waals surface area contributed by atoms with Gasteiger partial charge in [0.05, 0.1) is 5.69 Å². The summed E-state index contributed by atoms with van der Waals surface area (Å²) in [5.74, 6) is 2.55. The van der Waals surface area contributed by atoms with Gasteiger partial charge in [-0.05, 0) is 49.7 Å². The highest BCUT2D eigenvalue weighted by molar-refractivity contribution is 5.64. The fourth-order valence-corrected chi connectivity index (χ4v) is 4.07. The van der Waals surface area contributed by atoms with Crippen molar-refractivity contribution in [2.45, 2.75) is 25.3 Å². The van der Waals surface area contributed by atoms with E-state index in [-0.39, 0.29) is 6.79 Å². The van der Waals surface area contributed by atoms with E-state index < -0.39 is 0 Å². The monoisotopic (exact) mass is 338 g/mol. The molecule has 6 heteroatoms. The molecule has 2 fully saturated rings. The van der Waals surface area contributed by atoms with Crippen molar-refractivity contribution in [3.8, 4) is 22.8 Å². The molecule has 3 aliphatic heterocycles. The van der Waals surface area contributed by atoms with Crippen LogP contribution in [-0.4, -0.2) is 54.1 Å². The maximum atomic E-state index is 5.45. The lowest BCUT2D eigenvalue weighted by molar-refractivity contribution is 0.133.